The van der Waals surface area contributed by atoms with Crippen LogP contribution in [-0.2, 0) is 18.6 Å². The largest absolute Gasteiger partial charge is 0.416 e. The zero-order valence-corrected chi connectivity index (χ0v) is 19.6. The van der Waals surface area contributed by atoms with E-state index in [1.165, 1.54) is 5.56 Å². The van der Waals surface area contributed by atoms with E-state index in [2.05, 4.69) is 22.1 Å². The Kier molecular flexibility index (Phi) is 7.37. The molecule has 0 atom stereocenters. The third kappa shape index (κ3) is 6.18. The molecule has 0 aliphatic rings. The predicted molar refractivity (Wildman–Crippen MR) is 132 cm³/mol. The number of aryl methyl sites for hydroxylation is 3. The van der Waals surface area contributed by atoms with Gasteiger partial charge in [-0.1, -0.05) is 41.9 Å². The van der Waals surface area contributed by atoms with Gasteiger partial charge in [0.25, 0.3) is 5.56 Å². The second kappa shape index (κ2) is 10.6. The van der Waals surface area contributed by atoms with E-state index in [0.717, 1.165) is 39.5 Å². The van der Waals surface area contributed by atoms with Gasteiger partial charge in [-0.05, 0) is 72.4 Å². The SMILES string of the molecule is Cc1cc(SCc2c[nH]c(=O)c(OC(=O)c3cc(CCc4ccccc4)c[nH]3)c2)ccc1Cl. The Bertz CT molecular complexity index is 1310. The first-order chi connectivity index (χ1) is 16.0. The molecule has 33 heavy (non-hydrogen) atoms. The molecule has 0 spiro atoms. The van der Waals surface area contributed by atoms with Gasteiger partial charge in [0.15, 0.2) is 5.75 Å². The van der Waals surface area contributed by atoms with Crippen LogP contribution in [-0.4, -0.2) is 15.9 Å². The molecule has 0 aliphatic carbocycles. The van der Waals surface area contributed by atoms with E-state index in [1.807, 2.05) is 43.3 Å². The van der Waals surface area contributed by atoms with Crippen LogP contribution >= 0.6 is 23.4 Å². The van der Waals surface area contributed by atoms with Gasteiger partial charge >= 0.3 is 5.97 Å². The molecule has 2 heterocycles. The van der Waals surface area contributed by atoms with Crippen molar-refractivity contribution in [1.29, 1.82) is 0 Å². The third-order valence-corrected chi connectivity index (χ3v) is 6.66. The molecule has 0 amide bonds. The number of H-pyrrole nitrogens is 2. The van der Waals surface area contributed by atoms with Crippen molar-refractivity contribution in [3.63, 3.8) is 0 Å². The Morgan fingerprint density at radius 3 is 2.48 bits per heavy atom. The summed E-state index contributed by atoms with van der Waals surface area (Å²) in [7, 11) is 0. The third-order valence-electron chi connectivity index (χ3n) is 5.17. The summed E-state index contributed by atoms with van der Waals surface area (Å²) in [5.41, 5.74) is 3.95. The first kappa shape index (κ1) is 23.0. The van der Waals surface area contributed by atoms with Gasteiger partial charge in [-0.3, -0.25) is 4.79 Å². The van der Waals surface area contributed by atoms with E-state index in [1.54, 1.807) is 36.3 Å². The Labute approximate surface area is 201 Å². The Hall–Kier alpha value is -3.22. The van der Waals surface area contributed by atoms with Gasteiger partial charge in [0.05, 0.1) is 0 Å². The van der Waals surface area contributed by atoms with Gasteiger partial charge < -0.3 is 14.7 Å². The van der Waals surface area contributed by atoms with Crippen LogP contribution in [0.3, 0.4) is 0 Å². The number of halogens is 1. The Balaban J connectivity index is 1.38. The number of rotatable bonds is 8. The molecule has 2 N–H and O–H groups in total. The number of hydrogen-bond donors (Lipinski definition) is 2. The second-order valence-corrected chi connectivity index (χ2v) is 9.15. The first-order valence-electron chi connectivity index (χ1n) is 10.5. The number of carbonyl (C=O) groups excluding carboxylic acids is 1. The number of pyridine rings is 1. The maximum absolute atomic E-state index is 12.6. The normalized spacial score (nSPS) is 10.8. The van der Waals surface area contributed by atoms with Gasteiger partial charge in [-0.15, -0.1) is 11.8 Å². The van der Waals surface area contributed by atoms with Crippen LogP contribution in [0.25, 0.3) is 0 Å². The molecule has 4 aromatic rings. The van der Waals surface area contributed by atoms with Crippen LogP contribution in [0.4, 0.5) is 0 Å². The molecule has 168 valence electrons. The minimum Gasteiger partial charge on any atom is -0.416 e. The van der Waals surface area contributed by atoms with E-state index in [-0.39, 0.29) is 5.75 Å². The number of benzene rings is 2. The lowest BCUT2D eigenvalue weighted by Crippen LogP contribution is -2.17. The number of nitrogens with one attached hydrogen (secondary N) is 2. The highest BCUT2D eigenvalue weighted by atomic mass is 35.5. The molecule has 0 aliphatic heterocycles. The first-order valence-corrected chi connectivity index (χ1v) is 11.9. The summed E-state index contributed by atoms with van der Waals surface area (Å²) in [6.07, 6.45) is 5.10. The summed E-state index contributed by atoms with van der Waals surface area (Å²) < 4.78 is 5.39. The van der Waals surface area contributed by atoms with Crippen molar-refractivity contribution in [2.75, 3.05) is 0 Å². The van der Waals surface area contributed by atoms with Crippen molar-refractivity contribution in [2.24, 2.45) is 0 Å². The van der Waals surface area contributed by atoms with Crippen LogP contribution < -0.4 is 10.3 Å². The molecule has 0 saturated carbocycles. The molecule has 4 rings (SSSR count). The average Bonchev–Trinajstić information content (AvgIpc) is 3.30. The summed E-state index contributed by atoms with van der Waals surface area (Å²) >= 11 is 7.69. The van der Waals surface area contributed by atoms with E-state index < -0.39 is 11.5 Å². The number of hydrogen-bond acceptors (Lipinski definition) is 4. The molecule has 2 aromatic carbocycles. The van der Waals surface area contributed by atoms with Gasteiger partial charge in [0.2, 0.25) is 0 Å². The summed E-state index contributed by atoms with van der Waals surface area (Å²) in [6, 6.07) is 19.4. The fraction of sp³-hybridized carbons (Fsp3) is 0.154. The standard InChI is InChI=1S/C26H23ClN2O3S/c1-17-11-21(9-10-22(17)27)33-16-20-13-24(25(30)29-15-20)32-26(31)23-12-19(14-28-23)8-7-18-5-3-2-4-6-18/h2-6,9-15,28H,7-8,16H2,1H3,(H,29,30). The molecule has 0 radical (unpaired) electrons. The highest BCUT2D eigenvalue weighted by Gasteiger charge is 2.14. The van der Waals surface area contributed by atoms with Crippen LogP contribution in [0.15, 0.2) is 82.7 Å². The number of ether oxygens (including phenoxy) is 1. The van der Waals surface area contributed by atoms with Crippen molar-refractivity contribution >= 4 is 29.3 Å². The van der Waals surface area contributed by atoms with Crippen LogP contribution in [0.5, 0.6) is 5.75 Å². The number of esters is 1. The van der Waals surface area contributed by atoms with Crippen LogP contribution in [0, 0.1) is 6.92 Å². The molecule has 7 heteroatoms. The molecule has 0 bridgehead atoms. The molecule has 5 nitrogen and oxygen atoms in total. The quantitative estimate of drug-likeness (QED) is 0.242. The monoisotopic (exact) mass is 478 g/mol. The van der Waals surface area contributed by atoms with E-state index >= 15 is 0 Å². The minimum absolute atomic E-state index is 0.0224. The fourth-order valence-electron chi connectivity index (χ4n) is 3.33. The zero-order chi connectivity index (χ0) is 23.2. The van der Waals surface area contributed by atoms with Crippen molar-refractivity contribution in [2.45, 2.75) is 30.4 Å². The molecule has 0 fully saturated rings. The Morgan fingerprint density at radius 1 is 0.939 bits per heavy atom. The number of aromatic nitrogens is 2. The minimum atomic E-state index is -0.593. The lowest BCUT2D eigenvalue weighted by Gasteiger charge is -2.06. The summed E-state index contributed by atoms with van der Waals surface area (Å²) in [4.78, 5) is 31.4. The molecule has 0 saturated heterocycles. The lowest BCUT2D eigenvalue weighted by atomic mass is 10.1. The van der Waals surface area contributed by atoms with Crippen molar-refractivity contribution < 1.29 is 9.53 Å². The number of thioether (sulfide) groups is 1. The summed E-state index contributed by atoms with van der Waals surface area (Å²) in [5, 5.41) is 0.727. The second-order valence-electron chi connectivity index (χ2n) is 7.70. The number of carbonyl (C=O) groups is 1. The Morgan fingerprint density at radius 2 is 1.70 bits per heavy atom. The van der Waals surface area contributed by atoms with Crippen molar-refractivity contribution in [3.8, 4) is 5.75 Å². The van der Waals surface area contributed by atoms with Crippen molar-refractivity contribution in [1.82, 2.24) is 9.97 Å². The fourth-order valence-corrected chi connectivity index (χ4v) is 4.37. The van der Waals surface area contributed by atoms with E-state index in [0.29, 0.717) is 11.4 Å². The smallest absolute Gasteiger partial charge is 0.360 e. The van der Waals surface area contributed by atoms with Gasteiger partial charge in [0.1, 0.15) is 5.69 Å². The van der Waals surface area contributed by atoms with E-state index in [9.17, 15) is 9.59 Å². The maximum atomic E-state index is 12.6. The highest BCUT2D eigenvalue weighted by Crippen LogP contribution is 2.27. The van der Waals surface area contributed by atoms with Gasteiger partial charge in [0, 0.05) is 28.1 Å². The highest BCUT2D eigenvalue weighted by molar-refractivity contribution is 7.98. The topological polar surface area (TPSA) is 75.0 Å². The lowest BCUT2D eigenvalue weighted by molar-refractivity contribution is 0.0726. The summed E-state index contributed by atoms with van der Waals surface area (Å²) in [5.74, 6) is -0.00967. The molecular weight excluding hydrogens is 456 g/mol. The van der Waals surface area contributed by atoms with Gasteiger partial charge in [-0.2, -0.15) is 0 Å². The van der Waals surface area contributed by atoms with Crippen molar-refractivity contribution in [3.05, 3.63) is 116 Å². The van der Waals surface area contributed by atoms with Crippen LogP contribution in [0.2, 0.25) is 5.02 Å². The van der Waals surface area contributed by atoms with E-state index in [4.69, 9.17) is 16.3 Å². The number of aromatic amines is 2. The predicted octanol–water partition coefficient (Wildman–Crippen LogP) is 5.96. The average molecular weight is 479 g/mol. The molecule has 0 unspecified atom stereocenters. The summed E-state index contributed by atoms with van der Waals surface area (Å²) in [6.45, 7) is 1.96. The molecular formula is C26H23ClN2O3S. The zero-order valence-electron chi connectivity index (χ0n) is 18.1. The van der Waals surface area contributed by atoms with Gasteiger partial charge in [-0.25, -0.2) is 4.79 Å². The maximum Gasteiger partial charge on any atom is 0.360 e. The molecule has 2 aromatic heterocycles. The van der Waals surface area contributed by atoms with Crippen LogP contribution in [0.1, 0.15) is 32.7 Å².